The fraction of sp³-hybridized carbons (Fsp3) is 0.407. The van der Waals surface area contributed by atoms with Gasteiger partial charge in [-0.25, -0.2) is 0 Å². The molecular formula is C27H34N4O4S. The number of rotatable bonds is 9. The predicted molar refractivity (Wildman–Crippen MR) is 144 cm³/mol. The van der Waals surface area contributed by atoms with Crippen molar-refractivity contribution in [2.24, 2.45) is 5.92 Å². The second-order valence-electron chi connectivity index (χ2n) is 8.84. The highest BCUT2D eigenvalue weighted by Gasteiger charge is 2.21. The minimum absolute atomic E-state index is 0.0313. The third kappa shape index (κ3) is 8.64. The fourth-order valence-electron chi connectivity index (χ4n) is 3.95. The van der Waals surface area contributed by atoms with E-state index in [1.54, 1.807) is 48.5 Å². The maximum atomic E-state index is 12.4. The van der Waals surface area contributed by atoms with E-state index in [9.17, 15) is 14.4 Å². The second-order valence-corrected chi connectivity index (χ2v) is 9.25. The Morgan fingerprint density at radius 3 is 2.17 bits per heavy atom. The first-order chi connectivity index (χ1) is 17.5. The third-order valence-electron chi connectivity index (χ3n) is 6.04. The largest absolute Gasteiger partial charge is 0.494 e. The highest BCUT2D eigenvalue weighted by Crippen LogP contribution is 2.25. The minimum atomic E-state index is -0.429. The number of anilines is 1. The van der Waals surface area contributed by atoms with Gasteiger partial charge in [0, 0.05) is 22.7 Å². The molecule has 4 N–H and O–H groups in total. The molecule has 0 heterocycles. The summed E-state index contributed by atoms with van der Waals surface area (Å²) in [4.78, 5) is 37.2. The van der Waals surface area contributed by atoms with E-state index < -0.39 is 11.8 Å². The molecule has 9 heteroatoms. The van der Waals surface area contributed by atoms with Crippen molar-refractivity contribution in [2.75, 3.05) is 11.9 Å². The number of amides is 3. The summed E-state index contributed by atoms with van der Waals surface area (Å²) in [5.74, 6) is -0.0402. The van der Waals surface area contributed by atoms with Crippen molar-refractivity contribution in [3.05, 3.63) is 59.7 Å². The predicted octanol–water partition coefficient (Wildman–Crippen LogP) is 4.72. The molecule has 1 aliphatic carbocycles. The Balaban J connectivity index is 1.40. The van der Waals surface area contributed by atoms with Gasteiger partial charge in [-0.05, 0) is 80.0 Å². The summed E-state index contributed by atoms with van der Waals surface area (Å²) in [7, 11) is 0. The van der Waals surface area contributed by atoms with Gasteiger partial charge < -0.3 is 10.1 Å². The summed E-state index contributed by atoms with van der Waals surface area (Å²) >= 11 is 5.11. The van der Waals surface area contributed by atoms with Crippen LogP contribution in [-0.2, 0) is 4.79 Å². The van der Waals surface area contributed by atoms with E-state index >= 15 is 0 Å². The zero-order valence-electron chi connectivity index (χ0n) is 20.6. The van der Waals surface area contributed by atoms with Gasteiger partial charge in [-0.1, -0.05) is 39.0 Å². The monoisotopic (exact) mass is 510 g/mol. The van der Waals surface area contributed by atoms with Crippen molar-refractivity contribution in [2.45, 2.75) is 58.3 Å². The number of nitrogens with one attached hydrogen (secondary N) is 4. The van der Waals surface area contributed by atoms with E-state index in [4.69, 9.17) is 17.0 Å². The number of benzene rings is 2. The number of carbonyl (C=O) groups excluding carboxylic acids is 3. The average Bonchev–Trinajstić information content (AvgIpc) is 2.91. The van der Waals surface area contributed by atoms with Crippen molar-refractivity contribution in [1.29, 1.82) is 0 Å². The van der Waals surface area contributed by atoms with Crippen LogP contribution in [0, 0.1) is 5.92 Å². The normalized spacial score (nSPS) is 13.4. The summed E-state index contributed by atoms with van der Waals surface area (Å²) in [5, 5.41) is 5.41. The first kappa shape index (κ1) is 27.1. The van der Waals surface area contributed by atoms with Crippen LogP contribution in [0.15, 0.2) is 48.5 Å². The molecule has 0 unspecified atom stereocenters. The zero-order chi connectivity index (χ0) is 25.8. The van der Waals surface area contributed by atoms with Gasteiger partial charge in [0.1, 0.15) is 5.75 Å². The molecule has 3 rings (SSSR count). The van der Waals surface area contributed by atoms with Crippen LogP contribution in [0.4, 0.5) is 5.69 Å². The number of unbranched alkanes of at least 4 members (excludes halogenated alkanes) is 2. The topological polar surface area (TPSA) is 109 Å². The first-order valence-corrected chi connectivity index (χ1v) is 12.9. The van der Waals surface area contributed by atoms with E-state index in [2.05, 4.69) is 28.4 Å². The molecule has 2 aromatic rings. The van der Waals surface area contributed by atoms with Crippen molar-refractivity contribution in [3.63, 3.8) is 0 Å². The number of hydrazine groups is 1. The molecule has 0 aliphatic heterocycles. The lowest BCUT2D eigenvalue weighted by molar-refractivity contribution is -0.120. The van der Waals surface area contributed by atoms with Gasteiger partial charge in [0.05, 0.1) is 6.61 Å². The first-order valence-electron chi connectivity index (χ1n) is 12.5. The molecule has 0 radical (unpaired) electrons. The van der Waals surface area contributed by atoms with Crippen molar-refractivity contribution < 1.29 is 19.1 Å². The Bertz CT molecular complexity index is 1030. The maximum Gasteiger partial charge on any atom is 0.269 e. The smallest absolute Gasteiger partial charge is 0.269 e. The van der Waals surface area contributed by atoms with Gasteiger partial charge in [-0.15, -0.1) is 0 Å². The Morgan fingerprint density at radius 2 is 1.50 bits per heavy atom. The van der Waals surface area contributed by atoms with E-state index in [-0.39, 0.29) is 16.9 Å². The molecule has 8 nitrogen and oxygen atoms in total. The summed E-state index contributed by atoms with van der Waals surface area (Å²) in [5.41, 5.74) is 6.43. The summed E-state index contributed by atoms with van der Waals surface area (Å²) in [6.07, 6.45) is 8.46. The highest BCUT2D eigenvalue weighted by molar-refractivity contribution is 7.80. The lowest BCUT2D eigenvalue weighted by atomic mass is 9.88. The molecule has 36 heavy (non-hydrogen) atoms. The second kappa shape index (κ2) is 14.2. The molecular weight excluding hydrogens is 476 g/mol. The minimum Gasteiger partial charge on any atom is -0.494 e. The van der Waals surface area contributed by atoms with Crippen molar-refractivity contribution in [1.82, 2.24) is 16.2 Å². The van der Waals surface area contributed by atoms with Gasteiger partial charge in [-0.3, -0.25) is 30.6 Å². The molecule has 0 saturated heterocycles. The van der Waals surface area contributed by atoms with Crippen LogP contribution in [0.2, 0.25) is 0 Å². The quantitative estimate of drug-likeness (QED) is 0.221. The van der Waals surface area contributed by atoms with Crippen molar-refractivity contribution in [3.8, 4) is 5.75 Å². The molecule has 0 aromatic heterocycles. The van der Waals surface area contributed by atoms with Gasteiger partial charge in [0.2, 0.25) is 5.91 Å². The molecule has 0 bridgehead atoms. The van der Waals surface area contributed by atoms with Gasteiger partial charge in [-0.2, -0.15) is 0 Å². The van der Waals surface area contributed by atoms with E-state index in [0.29, 0.717) is 29.2 Å². The van der Waals surface area contributed by atoms with Gasteiger partial charge >= 0.3 is 0 Å². The standard InChI is InChI=1S/C27H34N4O4S/c1-2-3-7-18-35-23-16-12-20(13-17-23)25(33)29-27(36)31-30-26(34)21-10-14-22(15-11-21)28-24(32)19-8-5-4-6-9-19/h10-17,19H,2-9,18H2,1H3,(H,28,32)(H,30,34)(H2,29,31,33,36). The zero-order valence-corrected chi connectivity index (χ0v) is 21.4. The summed E-state index contributed by atoms with van der Waals surface area (Å²) in [6, 6.07) is 13.4. The number of carbonyl (C=O) groups is 3. The molecule has 2 aromatic carbocycles. The average molecular weight is 511 g/mol. The molecule has 1 fully saturated rings. The molecule has 0 atom stereocenters. The van der Waals surface area contributed by atoms with E-state index in [0.717, 1.165) is 44.9 Å². The SMILES string of the molecule is CCCCCOc1ccc(C(=O)NC(=S)NNC(=O)c2ccc(NC(=O)C3CCCCC3)cc2)cc1. The lowest BCUT2D eigenvalue weighted by Gasteiger charge is -2.20. The number of hydrogen-bond donors (Lipinski definition) is 4. The van der Waals surface area contributed by atoms with Crippen LogP contribution in [-0.4, -0.2) is 29.4 Å². The molecule has 0 spiro atoms. The van der Waals surface area contributed by atoms with Crippen LogP contribution in [0.3, 0.4) is 0 Å². The number of ether oxygens (including phenoxy) is 1. The van der Waals surface area contributed by atoms with Crippen LogP contribution in [0.5, 0.6) is 5.75 Å². The molecule has 1 aliphatic rings. The Morgan fingerprint density at radius 1 is 0.861 bits per heavy atom. The maximum absolute atomic E-state index is 12.4. The summed E-state index contributed by atoms with van der Waals surface area (Å²) < 4.78 is 5.65. The fourth-order valence-corrected chi connectivity index (χ4v) is 4.09. The Kier molecular flexibility index (Phi) is 10.7. The van der Waals surface area contributed by atoms with E-state index in [1.807, 2.05) is 0 Å². The number of thiocarbonyl (C=S) groups is 1. The number of hydrogen-bond acceptors (Lipinski definition) is 5. The van der Waals surface area contributed by atoms with Crippen LogP contribution >= 0.6 is 12.2 Å². The van der Waals surface area contributed by atoms with E-state index in [1.165, 1.54) is 6.42 Å². The van der Waals surface area contributed by atoms with Gasteiger partial charge in [0.15, 0.2) is 5.11 Å². The van der Waals surface area contributed by atoms with Crippen LogP contribution in [0.1, 0.15) is 79.0 Å². The Labute approximate surface area is 217 Å². The van der Waals surface area contributed by atoms with Crippen LogP contribution < -0.4 is 26.2 Å². The molecule has 3 amide bonds. The lowest BCUT2D eigenvalue weighted by Crippen LogP contribution is -2.48. The Hall–Kier alpha value is -3.46. The highest BCUT2D eigenvalue weighted by atomic mass is 32.1. The summed E-state index contributed by atoms with van der Waals surface area (Å²) in [6.45, 7) is 2.78. The molecule has 192 valence electrons. The third-order valence-corrected chi connectivity index (χ3v) is 6.24. The van der Waals surface area contributed by atoms with Crippen LogP contribution in [0.25, 0.3) is 0 Å². The van der Waals surface area contributed by atoms with Gasteiger partial charge in [0.25, 0.3) is 11.8 Å². The van der Waals surface area contributed by atoms with Crippen molar-refractivity contribution >= 4 is 40.7 Å². The molecule has 1 saturated carbocycles.